The van der Waals surface area contributed by atoms with E-state index in [1.807, 2.05) is 12.1 Å². The quantitative estimate of drug-likeness (QED) is 0.856. The SMILES string of the molecule is CC1(C)CSCC(NCc2ccco2)C1. The van der Waals surface area contributed by atoms with Gasteiger partial charge in [-0.15, -0.1) is 0 Å². The molecule has 0 spiro atoms. The zero-order valence-electron chi connectivity index (χ0n) is 9.45. The highest BCUT2D eigenvalue weighted by molar-refractivity contribution is 7.99. The van der Waals surface area contributed by atoms with Gasteiger partial charge in [0.15, 0.2) is 0 Å². The van der Waals surface area contributed by atoms with E-state index in [4.69, 9.17) is 4.42 Å². The number of hydrogen-bond acceptors (Lipinski definition) is 3. The van der Waals surface area contributed by atoms with Gasteiger partial charge in [0.05, 0.1) is 12.8 Å². The molecule has 15 heavy (non-hydrogen) atoms. The van der Waals surface area contributed by atoms with E-state index in [1.54, 1.807) is 6.26 Å². The standard InChI is InChI=1S/C12H19NOS/c1-12(2)6-10(8-15-9-12)13-7-11-4-3-5-14-11/h3-5,10,13H,6-9H2,1-2H3. The summed E-state index contributed by atoms with van der Waals surface area (Å²) in [6.45, 7) is 5.55. The second-order valence-electron chi connectivity index (χ2n) is 5.04. The third kappa shape index (κ3) is 3.28. The molecule has 84 valence electrons. The lowest BCUT2D eigenvalue weighted by atomic mass is 9.88. The summed E-state index contributed by atoms with van der Waals surface area (Å²) in [5.41, 5.74) is 0.476. The van der Waals surface area contributed by atoms with Crippen LogP contribution in [0.1, 0.15) is 26.0 Å². The summed E-state index contributed by atoms with van der Waals surface area (Å²) in [6.07, 6.45) is 3.00. The molecular formula is C12H19NOS. The van der Waals surface area contributed by atoms with E-state index >= 15 is 0 Å². The van der Waals surface area contributed by atoms with Crippen molar-refractivity contribution in [2.75, 3.05) is 11.5 Å². The number of hydrogen-bond donors (Lipinski definition) is 1. The highest BCUT2D eigenvalue weighted by atomic mass is 32.2. The first kappa shape index (κ1) is 11.1. The Morgan fingerprint density at radius 3 is 3.13 bits per heavy atom. The number of rotatable bonds is 3. The van der Waals surface area contributed by atoms with Gasteiger partial charge in [0, 0.05) is 11.8 Å². The monoisotopic (exact) mass is 225 g/mol. The predicted molar refractivity (Wildman–Crippen MR) is 65.1 cm³/mol. The van der Waals surface area contributed by atoms with Crippen molar-refractivity contribution in [2.45, 2.75) is 32.9 Å². The fraction of sp³-hybridized carbons (Fsp3) is 0.667. The Morgan fingerprint density at radius 2 is 2.47 bits per heavy atom. The van der Waals surface area contributed by atoms with Crippen LogP contribution < -0.4 is 5.32 Å². The Labute approximate surface area is 95.8 Å². The summed E-state index contributed by atoms with van der Waals surface area (Å²) < 4.78 is 5.31. The molecule has 2 nitrogen and oxygen atoms in total. The fourth-order valence-corrected chi connectivity index (χ4v) is 3.36. The van der Waals surface area contributed by atoms with Crippen LogP contribution in [0, 0.1) is 5.41 Å². The van der Waals surface area contributed by atoms with Gasteiger partial charge >= 0.3 is 0 Å². The average molecular weight is 225 g/mol. The Balaban J connectivity index is 1.80. The summed E-state index contributed by atoms with van der Waals surface area (Å²) >= 11 is 2.05. The molecule has 0 saturated carbocycles. The Morgan fingerprint density at radius 1 is 1.60 bits per heavy atom. The Bertz CT molecular complexity index is 295. The summed E-state index contributed by atoms with van der Waals surface area (Å²) in [6, 6.07) is 4.59. The minimum Gasteiger partial charge on any atom is -0.468 e. The van der Waals surface area contributed by atoms with Gasteiger partial charge in [-0.2, -0.15) is 11.8 Å². The van der Waals surface area contributed by atoms with E-state index in [1.165, 1.54) is 17.9 Å². The fourth-order valence-electron chi connectivity index (χ4n) is 2.05. The van der Waals surface area contributed by atoms with E-state index in [2.05, 4.69) is 30.9 Å². The Hall–Kier alpha value is -0.410. The largest absolute Gasteiger partial charge is 0.468 e. The molecule has 0 aromatic carbocycles. The van der Waals surface area contributed by atoms with Crippen molar-refractivity contribution in [1.29, 1.82) is 0 Å². The minimum absolute atomic E-state index is 0.476. The van der Waals surface area contributed by atoms with Crippen molar-refractivity contribution in [1.82, 2.24) is 5.32 Å². The van der Waals surface area contributed by atoms with Gasteiger partial charge < -0.3 is 9.73 Å². The third-order valence-corrected chi connectivity index (χ3v) is 4.38. The van der Waals surface area contributed by atoms with Crippen LogP contribution in [0.15, 0.2) is 22.8 Å². The smallest absolute Gasteiger partial charge is 0.117 e. The molecule has 3 heteroatoms. The maximum atomic E-state index is 5.31. The van der Waals surface area contributed by atoms with Crippen LogP contribution in [0.3, 0.4) is 0 Å². The van der Waals surface area contributed by atoms with E-state index in [-0.39, 0.29) is 0 Å². The molecule has 1 saturated heterocycles. The molecule has 1 N–H and O–H groups in total. The van der Waals surface area contributed by atoms with Gasteiger partial charge in [0.2, 0.25) is 0 Å². The second-order valence-corrected chi connectivity index (χ2v) is 6.07. The first-order valence-electron chi connectivity index (χ1n) is 5.49. The van der Waals surface area contributed by atoms with E-state index in [9.17, 15) is 0 Å². The first-order valence-corrected chi connectivity index (χ1v) is 6.65. The molecular weight excluding hydrogens is 206 g/mol. The van der Waals surface area contributed by atoms with Crippen molar-refractivity contribution >= 4 is 11.8 Å². The highest BCUT2D eigenvalue weighted by Crippen LogP contribution is 2.33. The average Bonchev–Trinajstić information content (AvgIpc) is 2.65. The maximum absolute atomic E-state index is 5.31. The molecule has 1 aromatic heterocycles. The summed E-state index contributed by atoms with van der Waals surface area (Å²) in [5, 5.41) is 3.57. The van der Waals surface area contributed by atoms with E-state index in [0.29, 0.717) is 11.5 Å². The summed E-state index contributed by atoms with van der Waals surface area (Å²) in [4.78, 5) is 0. The van der Waals surface area contributed by atoms with Crippen molar-refractivity contribution in [2.24, 2.45) is 5.41 Å². The maximum Gasteiger partial charge on any atom is 0.117 e. The van der Waals surface area contributed by atoms with Crippen molar-refractivity contribution in [3.63, 3.8) is 0 Å². The number of furan rings is 1. The van der Waals surface area contributed by atoms with Crippen LogP contribution in [0.5, 0.6) is 0 Å². The van der Waals surface area contributed by atoms with Crippen LogP contribution in [0.25, 0.3) is 0 Å². The van der Waals surface area contributed by atoms with Gasteiger partial charge in [-0.05, 0) is 29.7 Å². The zero-order chi connectivity index (χ0) is 10.7. The number of nitrogens with one attached hydrogen (secondary N) is 1. The summed E-state index contributed by atoms with van der Waals surface area (Å²) in [7, 11) is 0. The summed E-state index contributed by atoms with van der Waals surface area (Å²) in [5.74, 6) is 3.54. The van der Waals surface area contributed by atoms with Gasteiger partial charge in [-0.3, -0.25) is 0 Å². The van der Waals surface area contributed by atoms with Gasteiger partial charge in [-0.25, -0.2) is 0 Å². The highest BCUT2D eigenvalue weighted by Gasteiger charge is 2.27. The topological polar surface area (TPSA) is 25.2 Å². The van der Waals surface area contributed by atoms with E-state index < -0.39 is 0 Å². The van der Waals surface area contributed by atoms with Gasteiger partial charge in [-0.1, -0.05) is 13.8 Å². The first-order chi connectivity index (χ1) is 7.16. The lowest BCUT2D eigenvalue weighted by Crippen LogP contribution is -2.39. The van der Waals surface area contributed by atoms with Crippen LogP contribution in [0.2, 0.25) is 0 Å². The second kappa shape index (κ2) is 4.62. The van der Waals surface area contributed by atoms with Gasteiger partial charge in [0.25, 0.3) is 0 Å². The van der Waals surface area contributed by atoms with Crippen LogP contribution in [-0.2, 0) is 6.54 Å². The molecule has 0 radical (unpaired) electrons. The molecule has 1 aliphatic rings. The molecule has 1 unspecified atom stereocenters. The van der Waals surface area contributed by atoms with Crippen molar-refractivity contribution in [3.05, 3.63) is 24.2 Å². The zero-order valence-corrected chi connectivity index (χ0v) is 10.3. The lowest BCUT2D eigenvalue weighted by Gasteiger charge is -2.35. The molecule has 1 aliphatic heterocycles. The molecule has 2 heterocycles. The molecule has 1 fully saturated rings. The normalized spacial score (nSPS) is 25.3. The molecule has 1 aromatic rings. The number of thioether (sulfide) groups is 1. The van der Waals surface area contributed by atoms with Gasteiger partial charge in [0.1, 0.15) is 5.76 Å². The molecule has 0 amide bonds. The minimum atomic E-state index is 0.476. The van der Waals surface area contributed by atoms with Crippen LogP contribution in [0.4, 0.5) is 0 Å². The van der Waals surface area contributed by atoms with Crippen LogP contribution in [-0.4, -0.2) is 17.5 Å². The lowest BCUT2D eigenvalue weighted by molar-refractivity contribution is 0.311. The molecule has 1 atom stereocenters. The molecule has 0 aliphatic carbocycles. The van der Waals surface area contributed by atoms with Crippen LogP contribution >= 0.6 is 11.8 Å². The molecule has 2 rings (SSSR count). The predicted octanol–water partition coefficient (Wildman–Crippen LogP) is 2.90. The Kier molecular flexibility index (Phi) is 3.42. The molecule has 0 bridgehead atoms. The van der Waals surface area contributed by atoms with Crippen molar-refractivity contribution in [3.8, 4) is 0 Å². The van der Waals surface area contributed by atoms with Crippen molar-refractivity contribution < 1.29 is 4.42 Å². The third-order valence-electron chi connectivity index (χ3n) is 2.76. The van der Waals surface area contributed by atoms with E-state index in [0.717, 1.165) is 12.3 Å².